The number of carbonyl (C=O) groups excluding carboxylic acids is 1. The molecule has 0 spiro atoms. The number of aryl methyl sites for hydroxylation is 4. The van der Waals surface area contributed by atoms with Crippen molar-refractivity contribution < 1.29 is 18.8 Å². The van der Waals surface area contributed by atoms with Crippen molar-refractivity contribution in [2.45, 2.75) is 66.3 Å². The lowest BCUT2D eigenvalue weighted by Crippen LogP contribution is -2.44. The Bertz CT molecular complexity index is 1190. The first kappa shape index (κ1) is 28.7. The first-order valence-corrected chi connectivity index (χ1v) is 14.6. The first-order chi connectivity index (χ1) is 17.5. The van der Waals surface area contributed by atoms with Crippen molar-refractivity contribution in [2.24, 2.45) is 0 Å². The summed E-state index contributed by atoms with van der Waals surface area (Å²) in [5.74, 6) is 0.384. The Labute approximate surface area is 222 Å². The molecule has 0 amide bonds. The molecule has 6 heteroatoms. The van der Waals surface area contributed by atoms with Crippen molar-refractivity contribution in [3.63, 3.8) is 0 Å². The van der Waals surface area contributed by atoms with Crippen LogP contribution in [0, 0.1) is 27.7 Å². The Kier molecular flexibility index (Phi) is 9.39. The molecule has 198 valence electrons. The first-order valence-electron chi connectivity index (χ1n) is 12.9. The molecule has 1 atom stereocenters. The van der Waals surface area contributed by atoms with E-state index in [9.17, 15) is 4.79 Å². The second-order valence-corrected chi connectivity index (χ2v) is 12.7. The van der Waals surface area contributed by atoms with E-state index in [1.54, 1.807) is 7.11 Å². The lowest BCUT2D eigenvalue weighted by atomic mass is 9.90. The van der Waals surface area contributed by atoms with Gasteiger partial charge in [-0.25, -0.2) is 5.09 Å². The van der Waals surface area contributed by atoms with Gasteiger partial charge in [0.1, 0.15) is 5.75 Å². The van der Waals surface area contributed by atoms with E-state index < -0.39 is 12.8 Å². The highest BCUT2D eigenvalue weighted by molar-refractivity contribution is 7.77. The van der Waals surface area contributed by atoms with Gasteiger partial charge in [-0.2, -0.15) is 0 Å². The molecular formula is C31H40NO4P. The van der Waals surface area contributed by atoms with Crippen molar-refractivity contribution in [1.82, 2.24) is 5.09 Å². The van der Waals surface area contributed by atoms with E-state index in [0.29, 0.717) is 23.0 Å². The quantitative estimate of drug-likeness (QED) is 0.180. The van der Waals surface area contributed by atoms with E-state index in [1.807, 2.05) is 83.1 Å². The lowest BCUT2D eigenvalue weighted by Gasteiger charge is -2.36. The van der Waals surface area contributed by atoms with Crippen LogP contribution in [0.1, 0.15) is 60.9 Å². The molecule has 0 aromatic heterocycles. The molecule has 5 nitrogen and oxygen atoms in total. The van der Waals surface area contributed by atoms with Gasteiger partial charge in [-0.15, -0.1) is 0 Å². The standard InChI is InChI=1S/C31H40NO4P/c1-8-9-14-36-30(33)21-31(6,26-10-12-27(35-7)13-11-26)32-37(34,28-17-22(2)15-23(3)18-28)29-19-24(4)16-25(5)20-29/h10-13,15-20H,8-9,14,21H2,1-7H3,(H,32,34)/t31-/m0/s1. The number of hydrogen-bond acceptors (Lipinski definition) is 4. The summed E-state index contributed by atoms with van der Waals surface area (Å²) < 4.78 is 26.2. The van der Waals surface area contributed by atoms with Crippen LogP contribution in [0.15, 0.2) is 60.7 Å². The van der Waals surface area contributed by atoms with Gasteiger partial charge in [0.05, 0.1) is 25.7 Å². The minimum atomic E-state index is -3.41. The number of hydrogen-bond donors (Lipinski definition) is 1. The van der Waals surface area contributed by atoms with Crippen LogP contribution in [0.3, 0.4) is 0 Å². The van der Waals surface area contributed by atoms with Gasteiger partial charge < -0.3 is 9.47 Å². The van der Waals surface area contributed by atoms with Crippen LogP contribution in [0.5, 0.6) is 5.75 Å². The van der Waals surface area contributed by atoms with Crippen LogP contribution >= 0.6 is 7.29 Å². The molecule has 0 fully saturated rings. The third-order valence-electron chi connectivity index (χ3n) is 6.53. The van der Waals surface area contributed by atoms with Crippen molar-refractivity contribution in [2.75, 3.05) is 13.7 Å². The molecule has 0 aliphatic heterocycles. The summed E-state index contributed by atoms with van der Waals surface area (Å²) in [7, 11) is -1.80. The summed E-state index contributed by atoms with van der Waals surface area (Å²) in [6, 6.07) is 19.6. The van der Waals surface area contributed by atoms with E-state index in [1.165, 1.54) is 0 Å². The largest absolute Gasteiger partial charge is 0.497 e. The summed E-state index contributed by atoms with van der Waals surface area (Å²) in [5, 5.41) is 4.97. The topological polar surface area (TPSA) is 64.6 Å². The predicted octanol–water partition coefficient (Wildman–Crippen LogP) is 6.40. The van der Waals surface area contributed by atoms with Gasteiger partial charge in [-0.1, -0.05) is 59.9 Å². The van der Waals surface area contributed by atoms with Gasteiger partial charge in [-0.3, -0.25) is 9.36 Å². The van der Waals surface area contributed by atoms with Gasteiger partial charge in [0.25, 0.3) is 0 Å². The highest BCUT2D eigenvalue weighted by atomic mass is 31.2. The van der Waals surface area contributed by atoms with Gasteiger partial charge in [0, 0.05) is 10.6 Å². The lowest BCUT2D eigenvalue weighted by molar-refractivity contribution is -0.145. The fourth-order valence-corrected chi connectivity index (χ4v) is 7.73. The Morgan fingerprint density at radius 1 is 0.865 bits per heavy atom. The zero-order chi connectivity index (χ0) is 27.2. The number of nitrogens with one attached hydrogen (secondary N) is 1. The van der Waals surface area contributed by atoms with E-state index in [-0.39, 0.29) is 12.4 Å². The van der Waals surface area contributed by atoms with E-state index in [0.717, 1.165) is 40.7 Å². The molecule has 37 heavy (non-hydrogen) atoms. The second-order valence-electron chi connectivity index (χ2n) is 10.2. The smallest absolute Gasteiger partial charge is 0.308 e. The molecule has 0 heterocycles. The molecule has 0 aliphatic carbocycles. The van der Waals surface area contributed by atoms with Crippen molar-refractivity contribution >= 4 is 23.9 Å². The zero-order valence-electron chi connectivity index (χ0n) is 23.2. The number of ether oxygens (including phenoxy) is 2. The van der Waals surface area contributed by atoms with Crippen molar-refractivity contribution in [1.29, 1.82) is 0 Å². The van der Waals surface area contributed by atoms with Crippen LogP contribution in [0.4, 0.5) is 0 Å². The predicted molar refractivity (Wildman–Crippen MR) is 153 cm³/mol. The van der Waals surface area contributed by atoms with Gasteiger partial charge in [0.2, 0.25) is 7.29 Å². The molecule has 3 aromatic rings. The third kappa shape index (κ3) is 7.12. The number of rotatable bonds is 11. The number of benzene rings is 3. The molecule has 0 aliphatic rings. The van der Waals surface area contributed by atoms with Crippen LogP contribution in [-0.2, 0) is 19.6 Å². The maximum absolute atomic E-state index is 15.3. The number of methoxy groups -OCH3 is 1. The van der Waals surface area contributed by atoms with Crippen LogP contribution < -0.4 is 20.4 Å². The molecule has 0 saturated carbocycles. The molecule has 3 rings (SSSR count). The molecule has 0 bridgehead atoms. The molecule has 1 N–H and O–H groups in total. The van der Waals surface area contributed by atoms with Crippen LogP contribution in [-0.4, -0.2) is 19.7 Å². The van der Waals surface area contributed by atoms with Crippen LogP contribution in [0.25, 0.3) is 0 Å². The molecule has 0 saturated heterocycles. The molecule has 0 unspecified atom stereocenters. The Morgan fingerprint density at radius 2 is 1.35 bits per heavy atom. The maximum atomic E-state index is 15.3. The Balaban J connectivity index is 2.18. The minimum Gasteiger partial charge on any atom is -0.497 e. The molecule has 0 radical (unpaired) electrons. The fraction of sp³-hybridized carbons (Fsp3) is 0.387. The highest BCUT2D eigenvalue weighted by Gasteiger charge is 2.40. The molecular weight excluding hydrogens is 481 g/mol. The van der Waals surface area contributed by atoms with Crippen molar-refractivity contribution in [3.05, 3.63) is 88.5 Å². The van der Waals surface area contributed by atoms with E-state index in [4.69, 9.17) is 9.47 Å². The number of unbranched alkanes of at least 4 members (excludes halogenated alkanes) is 1. The van der Waals surface area contributed by atoms with Crippen LogP contribution in [0.2, 0.25) is 0 Å². The zero-order valence-corrected chi connectivity index (χ0v) is 24.1. The van der Waals surface area contributed by atoms with Gasteiger partial charge >= 0.3 is 5.97 Å². The summed E-state index contributed by atoms with van der Waals surface area (Å²) in [6.45, 7) is 12.4. The fourth-order valence-electron chi connectivity index (χ4n) is 4.73. The van der Waals surface area contributed by atoms with Crippen molar-refractivity contribution in [3.8, 4) is 5.75 Å². The van der Waals surface area contributed by atoms with Gasteiger partial charge in [-0.05, 0) is 83.0 Å². The van der Waals surface area contributed by atoms with E-state index >= 15 is 4.57 Å². The average Bonchev–Trinajstić information content (AvgIpc) is 2.83. The third-order valence-corrected chi connectivity index (χ3v) is 9.31. The summed E-state index contributed by atoms with van der Waals surface area (Å²) in [5.41, 5.74) is 3.99. The summed E-state index contributed by atoms with van der Waals surface area (Å²) >= 11 is 0. The summed E-state index contributed by atoms with van der Waals surface area (Å²) in [4.78, 5) is 13.0. The normalized spacial score (nSPS) is 13.2. The monoisotopic (exact) mass is 521 g/mol. The van der Waals surface area contributed by atoms with Gasteiger partial charge in [0.15, 0.2) is 0 Å². The SMILES string of the molecule is CCCCOC(=O)C[C@](C)(NP(=O)(c1cc(C)cc(C)c1)c1cc(C)cc(C)c1)c1ccc(OC)cc1. The highest BCUT2D eigenvalue weighted by Crippen LogP contribution is 2.46. The Hall–Kier alpha value is -2.88. The number of esters is 1. The minimum absolute atomic E-state index is 0.0304. The maximum Gasteiger partial charge on any atom is 0.308 e. The summed E-state index contributed by atoms with van der Waals surface area (Å²) in [6.07, 6.45) is 1.78. The Morgan fingerprint density at radius 3 is 1.78 bits per heavy atom. The second kappa shape index (κ2) is 12.1. The number of carbonyl (C=O) groups is 1. The average molecular weight is 522 g/mol. The van der Waals surface area contributed by atoms with E-state index in [2.05, 4.69) is 24.1 Å². The molecule has 3 aromatic carbocycles.